The van der Waals surface area contributed by atoms with Crippen LogP contribution in [-0.4, -0.2) is 12.8 Å². The molecule has 0 amide bonds. The number of hydrogen-bond donors (Lipinski definition) is 0. The monoisotopic (exact) mass is 345 g/mol. The number of ether oxygens (including phenoxy) is 1. The molecule has 2 aromatic rings. The van der Waals surface area contributed by atoms with Crippen molar-refractivity contribution in [2.24, 2.45) is 4.99 Å². The first-order chi connectivity index (χ1) is 10.1. The number of benzene rings is 2. The van der Waals surface area contributed by atoms with Gasteiger partial charge in [-0.3, -0.25) is 4.99 Å². The maximum Gasteiger partial charge on any atom is 0.133 e. The maximum absolute atomic E-state index is 5.65. The van der Waals surface area contributed by atoms with E-state index in [4.69, 9.17) is 4.74 Å². The smallest absolute Gasteiger partial charge is 0.133 e. The van der Waals surface area contributed by atoms with Crippen LogP contribution in [0.5, 0.6) is 5.75 Å². The van der Waals surface area contributed by atoms with Gasteiger partial charge in [-0.25, -0.2) is 0 Å². The Morgan fingerprint density at radius 3 is 2.67 bits per heavy atom. The molecule has 2 nitrogen and oxygen atoms in total. The average Bonchev–Trinajstić information content (AvgIpc) is 2.47. The van der Waals surface area contributed by atoms with Gasteiger partial charge in [0.2, 0.25) is 0 Å². The summed E-state index contributed by atoms with van der Waals surface area (Å²) in [5.41, 5.74) is 4.46. The number of nitrogens with zero attached hydrogens (tertiary/aromatic N) is 1. The topological polar surface area (TPSA) is 21.6 Å². The summed E-state index contributed by atoms with van der Waals surface area (Å²) in [7, 11) is 0. The number of hydrogen-bond acceptors (Lipinski definition) is 2. The van der Waals surface area contributed by atoms with Crippen molar-refractivity contribution in [1.82, 2.24) is 0 Å². The van der Waals surface area contributed by atoms with Crippen molar-refractivity contribution in [3.05, 3.63) is 57.6 Å². The first-order valence-corrected chi connectivity index (χ1v) is 7.93. The Morgan fingerprint density at radius 2 is 1.95 bits per heavy atom. The molecule has 0 heterocycles. The molecule has 110 valence electrons. The van der Waals surface area contributed by atoms with Crippen molar-refractivity contribution in [3.8, 4) is 5.75 Å². The standard InChI is InChI=1S/C18H20BrNO/c1-4-9-21-18-8-7-15(11-16(18)19)12-20-17-10-13(2)5-6-14(17)3/h5-8,10-12H,4,9H2,1-3H3. The molecule has 0 unspecified atom stereocenters. The predicted molar refractivity (Wildman–Crippen MR) is 93.1 cm³/mol. The van der Waals surface area contributed by atoms with Gasteiger partial charge in [0.15, 0.2) is 0 Å². The zero-order valence-electron chi connectivity index (χ0n) is 12.7. The molecule has 0 aliphatic rings. The molecule has 2 rings (SSSR count). The lowest BCUT2D eigenvalue weighted by molar-refractivity contribution is 0.315. The fourth-order valence-electron chi connectivity index (χ4n) is 1.93. The normalized spacial score (nSPS) is 11.0. The SMILES string of the molecule is CCCOc1ccc(C=Nc2cc(C)ccc2C)cc1Br. The molecular formula is C18H20BrNO. The molecule has 0 saturated heterocycles. The highest BCUT2D eigenvalue weighted by atomic mass is 79.9. The number of aliphatic imine (C=N–C) groups is 1. The molecule has 0 radical (unpaired) electrons. The molecule has 0 N–H and O–H groups in total. The molecule has 21 heavy (non-hydrogen) atoms. The van der Waals surface area contributed by atoms with E-state index < -0.39 is 0 Å². The van der Waals surface area contributed by atoms with Crippen molar-refractivity contribution in [2.45, 2.75) is 27.2 Å². The molecule has 2 aromatic carbocycles. The van der Waals surface area contributed by atoms with Crippen LogP contribution in [0.4, 0.5) is 5.69 Å². The van der Waals surface area contributed by atoms with Gasteiger partial charge in [0.25, 0.3) is 0 Å². The van der Waals surface area contributed by atoms with Gasteiger partial charge in [-0.2, -0.15) is 0 Å². The average molecular weight is 346 g/mol. The molecule has 0 bridgehead atoms. The largest absolute Gasteiger partial charge is 0.492 e. The third-order valence-electron chi connectivity index (χ3n) is 3.13. The van der Waals surface area contributed by atoms with E-state index in [1.54, 1.807) is 0 Å². The van der Waals surface area contributed by atoms with E-state index in [-0.39, 0.29) is 0 Å². The van der Waals surface area contributed by atoms with Crippen LogP contribution >= 0.6 is 15.9 Å². The Kier molecular flexibility index (Phi) is 5.57. The molecule has 0 aliphatic carbocycles. The molecule has 3 heteroatoms. The van der Waals surface area contributed by atoms with Crippen LogP contribution in [0.2, 0.25) is 0 Å². The Morgan fingerprint density at radius 1 is 1.14 bits per heavy atom. The first-order valence-electron chi connectivity index (χ1n) is 7.14. The highest BCUT2D eigenvalue weighted by Crippen LogP contribution is 2.26. The van der Waals surface area contributed by atoms with Gasteiger partial charge in [-0.05, 0) is 77.2 Å². The predicted octanol–water partition coefficient (Wildman–Crippen LogP) is 5.61. The lowest BCUT2D eigenvalue weighted by Gasteiger charge is -2.07. The van der Waals surface area contributed by atoms with Crippen molar-refractivity contribution in [3.63, 3.8) is 0 Å². The number of halogens is 1. The number of rotatable bonds is 5. The second-order valence-electron chi connectivity index (χ2n) is 5.09. The summed E-state index contributed by atoms with van der Waals surface area (Å²) in [5.74, 6) is 0.876. The highest BCUT2D eigenvalue weighted by molar-refractivity contribution is 9.10. The number of aryl methyl sites for hydroxylation is 2. The van der Waals surface area contributed by atoms with Crippen LogP contribution in [0.15, 0.2) is 45.9 Å². The summed E-state index contributed by atoms with van der Waals surface area (Å²) in [5, 5.41) is 0. The van der Waals surface area contributed by atoms with E-state index in [0.717, 1.165) is 34.5 Å². The molecule has 0 aromatic heterocycles. The van der Waals surface area contributed by atoms with E-state index in [0.29, 0.717) is 0 Å². The summed E-state index contributed by atoms with van der Waals surface area (Å²) in [6.45, 7) is 6.98. The summed E-state index contributed by atoms with van der Waals surface area (Å²) in [6, 6.07) is 12.3. The van der Waals surface area contributed by atoms with Crippen molar-refractivity contribution < 1.29 is 4.74 Å². The summed E-state index contributed by atoms with van der Waals surface area (Å²) >= 11 is 3.54. The van der Waals surface area contributed by atoms with Crippen molar-refractivity contribution in [1.29, 1.82) is 0 Å². The molecule has 0 aliphatic heterocycles. The lowest BCUT2D eigenvalue weighted by atomic mass is 10.1. The van der Waals surface area contributed by atoms with Gasteiger partial charge in [-0.15, -0.1) is 0 Å². The maximum atomic E-state index is 5.65. The minimum atomic E-state index is 0.731. The van der Waals surface area contributed by atoms with Crippen LogP contribution in [-0.2, 0) is 0 Å². The quantitative estimate of drug-likeness (QED) is 0.645. The minimum Gasteiger partial charge on any atom is -0.492 e. The van der Waals surface area contributed by atoms with Crippen LogP contribution < -0.4 is 4.74 Å². The van der Waals surface area contributed by atoms with Gasteiger partial charge >= 0.3 is 0 Å². The Balaban J connectivity index is 2.17. The molecular weight excluding hydrogens is 326 g/mol. The third kappa shape index (κ3) is 4.43. The zero-order valence-corrected chi connectivity index (χ0v) is 14.3. The molecule has 0 saturated carbocycles. The molecule has 0 atom stereocenters. The molecule has 0 spiro atoms. The van der Waals surface area contributed by atoms with Crippen molar-refractivity contribution >= 4 is 27.8 Å². The Bertz CT molecular complexity index is 650. The van der Waals surface area contributed by atoms with Crippen LogP contribution in [0.3, 0.4) is 0 Å². The second-order valence-corrected chi connectivity index (χ2v) is 5.94. The van der Waals surface area contributed by atoms with Gasteiger partial charge in [0, 0.05) is 6.21 Å². The Hall–Kier alpha value is -1.61. The summed E-state index contributed by atoms with van der Waals surface area (Å²) in [4.78, 5) is 4.58. The van der Waals surface area contributed by atoms with E-state index in [2.05, 4.69) is 59.9 Å². The third-order valence-corrected chi connectivity index (χ3v) is 3.75. The van der Waals surface area contributed by atoms with Crippen LogP contribution in [0.25, 0.3) is 0 Å². The summed E-state index contributed by atoms with van der Waals surface area (Å²) in [6.07, 6.45) is 2.89. The van der Waals surface area contributed by atoms with Crippen LogP contribution in [0, 0.1) is 13.8 Å². The molecule has 0 fully saturated rings. The summed E-state index contributed by atoms with van der Waals surface area (Å²) < 4.78 is 6.61. The Labute approximate surface area is 135 Å². The minimum absolute atomic E-state index is 0.731. The highest BCUT2D eigenvalue weighted by Gasteiger charge is 2.02. The van der Waals surface area contributed by atoms with E-state index in [1.165, 1.54) is 11.1 Å². The first kappa shape index (κ1) is 15.8. The van der Waals surface area contributed by atoms with E-state index >= 15 is 0 Å². The van der Waals surface area contributed by atoms with Gasteiger partial charge in [0.1, 0.15) is 5.75 Å². The van der Waals surface area contributed by atoms with Crippen LogP contribution in [0.1, 0.15) is 30.0 Å². The van der Waals surface area contributed by atoms with Gasteiger partial charge in [0.05, 0.1) is 16.8 Å². The van der Waals surface area contributed by atoms with Crippen molar-refractivity contribution in [2.75, 3.05) is 6.61 Å². The van der Waals surface area contributed by atoms with E-state index in [9.17, 15) is 0 Å². The fraction of sp³-hybridized carbons (Fsp3) is 0.278. The zero-order chi connectivity index (χ0) is 15.2. The fourth-order valence-corrected chi connectivity index (χ4v) is 2.44. The van der Waals surface area contributed by atoms with E-state index in [1.807, 2.05) is 24.4 Å². The second kappa shape index (κ2) is 7.41. The van der Waals surface area contributed by atoms with Gasteiger partial charge < -0.3 is 4.74 Å². The lowest BCUT2D eigenvalue weighted by Crippen LogP contribution is -1.96. The van der Waals surface area contributed by atoms with Gasteiger partial charge in [-0.1, -0.05) is 19.1 Å².